The van der Waals surface area contributed by atoms with Crippen molar-refractivity contribution in [3.63, 3.8) is 0 Å². The summed E-state index contributed by atoms with van der Waals surface area (Å²) in [6.45, 7) is 5.39. The van der Waals surface area contributed by atoms with Crippen molar-refractivity contribution in [3.8, 4) is 0 Å². The summed E-state index contributed by atoms with van der Waals surface area (Å²) in [6.07, 6.45) is 4.24. The third-order valence-electron chi connectivity index (χ3n) is 4.09. The van der Waals surface area contributed by atoms with Crippen LogP contribution in [-0.4, -0.2) is 52.9 Å². The van der Waals surface area contributed by atoms with Gasteiger partial charge in [0.05, 0.1) is 11.3 Å². The van der Waals surface area contributed by atoms with Crippen LogP contribution in [0.3, 0.4) is 0 Å². The van der Waals surface area contributed by atoms with Gasteiger partial charge in [-0.05, 0) is 25.8 Å². The standard InChI is InChI=1S/C14H21N5O/c1-10-8-13(17-15)12(9-16-10)14(20)19-6-4-18(5-7-19)11-2-3-11/h8-9,11H,2-7,15H2,1H3,(H,16,17). The van der Waals surface area contributed by atoms with Crippen molar-refractivity contribution >= 4 is 11.6 Å². The normalized spacial score (nSPS) is 20.0. The number of piperazine rings is 1. The molecule has 6 heteroatoms. The zero-order valence-electron chi connectivity index (χ0n) is 11.8. The zero-order chi connectivity index (χ0) is 14.1. The fourth-order valence-corrected chi connectivity index (χ4v) is 2.75. The van der Waals surface area contributed by atoms with Crippen LogP contribution in [0.5, 0.6) is 0 Å². The highest BCUT2D eigenvalue weighted by Crippen LogP contribution is 2.28. The Bertz CT molecular complexity index is 506. The van der Waals surface area contributed by atoms with Crippen LogP contribution in [0.4, 0.5) is 5.69 Å². The SMILES string of the molecule is Cc1cc(NN)c(C(=O)N2CCN(C3CC3)CC2)cn1. The first-order chi connectivity index (χ1) is 9.69. The smallest absolute Gasteiger partial charge is 0.257 e. The molecule has 20 heavy (non-hydrogen) atoms. The van der Waals surface area contributed by atoms with Gasteiger partial charge >= 0.3 is 0 Å². The highest BCUT2D eigenvalue weighted by Gasteiger charge is 2.32. The number of carbonyl (C=O) groups is 1. The summed E-state index contributed by atoms with van der Waals surface area (Å²) >= 11 is 0. The zero-order valence-corrected chi connectivity index (χ0v) is 11.8. The topological polar surface area (TPSA) is 74.5 Å². The van der Waals surface area contributed by atoms with Crippen molar-refractivity contribution in [2.45, 2.75) is 25.8 Å². The average Bonchev–Trinajstić information content (AvgIpc) is 3.31. The summed E-state index contributed by atoms with van der Waals surface area (Å²) in [6, 6.07) is 2.57. The molecule has 1 aliphatic heterocycles. The number of nitrogens with zero attached hydrogens (tertiary/aromatic N) is 3. The van der Waals surface area contributed by atoms with Crippen LogP contribution in [-0.2, 0) is 0 Å². The van der Waals surface area contributed by atoms with Crippen LogP contribution in [0.2, 0.25) is 0 Å². The maximum Gasteiger partial charge on any atom is 0.257 e. The van der Waals surface area contributed by atoms with Crippen molar-refractivity contribution in [1.82, 2.24) is 14.8 Å². The highest BCUT2D eigenvalue weighted by atomic mass is 16.2. The minimum absolute atomic E-state index is 0.0147. The van der Waals surface area contributed by atoms with Crippen LogP contribution in [0.15, 0.2) is 12.3 Å². The number of anilines is 1. The van der Waals surface area contributed by atoms with Crippen molar-refractivity contribution < 1.29 is 4.79 Å². The molecule has 0 atom stereocenters. The number of pyridine rings is 1. The molecular weight excluding hydrogens is 254 g/mol. The molecule has 3 N–H and O–H groups in total. The van der Waals surface area contributed by atoms with E-state index < -0.39 is 0 Å². The largest absolute Gasteiger partial charge is 0.336 e. The number of nitrogens with two attached hydrogens (primary N) is 1. The molecule has 2 heterocycles. The van der Waals surface area contributed by atoms with E-state index in [1.165, 1.54) is 12.8 Å². The maximum absolute atomic E-state index is 12.6. The van der Waals surface area contributed by atoms with E-state index in [9.17, 15) is 4.79 Å². The van der Waals surface area contributed by atoms with Crippen LogP contribution < -0.4 is 11.3 Å². The molecule has 108 valence electrons. The van der Waals surface area contributed by atoms with Crippen molar-refractivity contribution in [2.24, 2.45) is 5.84 Å². The van der Waals surface area contributed by atoms with Gasteiger partial charge in [0.15, 0.2) is 0 Å². The molecule has 1 saturated carbocycles. The second kappa shape index (κ2) is 5.38. The molecule has 2 aliphatic rings. The molecule has 1 aromatic rings. The Morgan fingerprint density at radius 1 is 1.35 bits per heavy atom. The first-order valence-corrected chi connectivity index (χ1v) is 7.15. The number of amides is 1. The Labute approximate surface area is 118 Å². The van der Waals surface area contributed by atoms with Crippen molar-refractivity contribution in [1.29, 1.82) is 0 Å². The number of rotatable bonds is 3. The molecule has 0 aromatic carbocycles. The molecule has 0 spiro atoms. The first-order valence-electron chi connectivity index (χ1n) is 7.15. The summed E-state index contributed by atoms with van der Waals surface area (Å²) in [7, 11) is 0. The summed E-state index contributed by atoms with van der Waals surface area (Å²) in [4.78, 5) is 21.1. The van der Waals surface area contributed by atoms with Gasteiger partial charge in [0, 0.05) is 44.1 Å². The number of carbonyl (C=O) groups excluding carboxylic acids is 1. The monoisotopic (exact) mass is 275 g/mol. The summed E-state index contributed by atoms with van der Waals surface area (Å²) in [5, 5.41) is 0. The van der Waals surface area contributed by atoms with Gasteiger partial charge in [0.1, 0.15) is 0 Å². The number of nitrogen functional groups attached to an aromatic ring is 1. The number of hydrogen-bond donors (Lipinski definition) is 2. The fourth-order valence-electron chi connectivity index (χ4n) is 2.75. The van der Waals surface area contributed by atoms with E-state index in [4.69, 9.17) is 5.84 Å². The minimum atomic E-state index is 0.0147. The molecule has 1 amide bonds. The summed E-state index contributed by atoms with van der Waals surface area (Å²) < 4.78 is 0. The van der Waals surface area contributed by atoms with Crippen molar-refractivity contribution in [3.05, 3.63) is 23.5 Å². The Hall–Kier alpha value is -1.66. The lowest BCUT2D eigenvalue weighted by molar-refractivity contribution is 0.0628. The third-order valence-corrected chi connectivity index (χ3v) is 4.09. The van der Waals surface area contributed by atoms with Gasteiger partial charge in [0.25, 0.3) is 5.91 Å². The maximum atomic E-state index is 12.6. The number of nitrogens with one attached hydrogen (secondary N) is 1. The summed E-state index contributed by atoms with van der Waals surface area (Å²) in [5.74, 6) is 5.51. The molecule has 1 aliphatic carbocycles. The molecule has 3 rings (SSSR count). The van der Waals surface area contributed by atoms with Crippen LogP contribution in [0, 0.1) is 6.92 Å². The Morgan fingerprint density at radius 3 is 2.65 bits per heavy atom. The van der Waals surface area contributed by atoms with E-state index >= 15 is 0 Å². The van der Waals surface area contributed by atoms with Gasteiger partial charge in [-0.1, -0.05) is 0 Å². The molecule has 1 saturated heterocycles. The van der Waals surface area contributed by atoms with E-state index in [1.807, 2.05) is 11.8 Å². The predicted octanol–water partition coefficient (Wildman–Crippen LogP) is 0.596. The van der Waals surface area contributed by atoms with Crippen LogP contribution >= 0.6 is 0 Å². The number of hydrazine groups is 1. The molecule has 0 unspecified atom stereocenters. The lowest BCUT2D eigenvalue weighted by Crippen LogP contribution is -2.49. The lowest BCUT2D eigenvalue weighted by atomic mass is 10.1. The number of hydrogen-bond acceptors (Lipinski definition) is 5. The molecule has 0 bridgehead atoms. The fraction of sp³-hybridized carbons (Fsp3) is 0.571. The van der Waals surface area contributed by atoms with Gasteiger partial charge in [-0.2, -0.15) is 0 Å². The molecule has 2 fully saturated rings. The Kier molecular flexibility index (Phi) is 3.58. The van der Waals surface area contributed by atoms with E-state index in [0.717, 1.165) is 37.9 Å². The van der Waals surface area contributed by atoms with E-state index in [1.54, 1.807) is 12.3 Å². The minimum Gasteiger partial charge on any atom is -0.336 e. The van der Waals surface area contributed by atoms with E-state index in [-0.39, 0.29) is 5.91 Å². The second-order valence-corrected chi connectivity index (χ2v) is 5.57. The van der Waals surface area contributed by atoms with Gasteiger partial charge in [-0.25, -0.2) is 0 Å². The Morgan fingerprint density at radius 2 is 2.05 bits per heavy atom. The third kappa shape index (κ3) is 2.62. The molecular formula is C14H21N5O. The quantitative estimate of drug-likeness (QED) is 0.624. The van der Waals surface area contributed by atoms with E-state index in [0.29, 0.717) is 11.3 Å². The predicted molar refractivity (Wildman–Crippen MR) is 77.3 cm³/mol. The van der Waals surface area contributed by atoms with Crippen LogP contribution in [0.25, 0.3) is 0 Å². The van der Waals surface area contributed by atoms with Crippen molar-refractivity contribution in [2.75, 3.05) is 31.6 Å². The van der Waals surface area contributed by atoms with Gasteiger partial charge in [-0.3, -0.25) is 20.5 Å². The molecule has 1 aromatic heterocycles. The van der Waals surface area contributed by atoms with Gasteiger partial charge in [0.2, 0.25) is 0 Å². The summed E-state index contributed by atoms with van der Waals surface area (Å²) in [5.41, 5.74) is 4.64. The number of aryl methyl sites for hydroxylation is 1. The lowest BCUT2D eigenvalue weighted by Gasteiger charge is -2.35. The first kappa shape index (κ1) is 13.3. The second-order valence-electron chi connectivity index (χ2n) is 5.57. The number of aromatic nitrogens is 1. The van der Waals surface area contributed by atoms with Gasteiger partial charge < -0.3 is 10.3 Å². The Balaban J connectivity index is 1.69. The highest BCUT2D eigenvalue weighted by molar-refractivity contribution is 5.99. The van der Waals surface area contributed by atoms with Gasteiger partial charge in [-0.15, -0.1) is 0 Å². The van der Waals surface area contributed by atoms with E-state index in [2.05, 4.69) is 15.3 Å². The molecule has 0 radical (unpaired) electrons. The molecule has 6 nitrogen and oxygen atoms in total. The average molecular weight is 275 g/mol. The van der Waals surface area contributed by atoms with Crippen LogP contribution in [0.1, 0.15) is 28.9 Å².